The van der Waals surface area contributed by atoms with Crippen molar-refractivity contribution in [2.24, 2.45) is 0 Å². The summed E-state index contributed by atoms with van der Waals surface area (Å²) in [6.07, 6.45) is 7.14. The van der Waals surface area contributed by atoms with Crippen LogP contribution in [0.1, 0.15) is 44.3 Å². The van der Waals surface area contributed by atoms with Crippen LogP contribution in [0.3, 0.4) is 0 Å². The molecule has 3 heterocycles. The second-order valence-corrected chi connectivity index (χ2v) is 6.32. The molecule has 2 atom stereocenters. The van der Waals surface area contributed by atoms with Gasteiger partial charge in [0.25, 0.3) is 0 Å². The molecule has 2 aliphatic rings. The molecule has 1 aromatic heterocycles. The van der Waals surface area contributed by atoms with Crippen LogP contribution in [0.5, 0.6) is 0 Å². The van der Waals surface area contributed by atoms with Crippen molar-refractivity contribution in [2.45, 2.75) is 44.7 Å². The summed E-state index contributed by atoms with van der Waals surface area (Å²) in [5.74, 6) is 0. The maximum Gasteiger partial charge on any atom is 0.0574 e. The Morgan fingerprint density at radius 3 is 2.86 bits per heavy atom. The molecule has 0 spiro atoms. The van der Waals surface area contributed by atoms with E-state index in [9.17, 15) is 0 Å². The van der Waals surface area contributed by atoms with Gasteiger partial charge in [-0.15, -0.1) is 0 Å². The van der Waals surface area contributed by atoms with Gasteiger partial charge < -0.3 is 10.2 Å². The summed E-state index contributed by atoms with van der Waals surface area (Å²) < 4.78 is 0. The molecule has 2 unspecified atom stereocenters. The minimum Gasteiger partial charge on any atom is -0.369 e. The molecular weight excluding hydrogens is 260 g/mol. The van der Waals surface area contributed by atoms with Gasteiger partial charge in [-0.05, 0) is 51.4 Å². The summed E-state index contributed by atoms with van der Waals surface area (Å²) in [6.45, 7) is 7.10. The number of fused-ring (bicyclic) bond motifs is 1. The summed E-state index contributed by atoms with van der Waals surface area (Å²) in [4.78, 5) is 9.91. The zero-order chi connectivity index (χ0) is 14.7. The predicted molar refractivity (Wildman–Crippen MR) is 87.8 cm³/mol. The number of anilines is 1. The molecule has 1 aromatic rings. The van der Waals surface area contributed by atoms with E-state index < -0.39 is 0 Å². The highest BCUT2D eigenvalue weighted by molar-refractivity contribution is 5.45. The van der Waals surface area contributed by atoms with Gasteiger partial charge in [0.15, 0.2) is 0 Å². The minimum atomic E-state index is 0.369. The molecule has 0 aromatic carbocycles. The highest BCUT2D eigenvalue weighted by Crippen LogP contribution is 2.25. The van der Waals surface area contributed by atoms with E-state index in [4.69, 9.17) is 4.98 Å². The van der Waals surface area contributed by atoms with Gasteiger partial charge in [0.2, 0.25) is 0 Å². The van der Waals surface area contributed by atoms with Crippen LogP contribution in [0.15, 0.2) is 18.3 Å². The van der Waals surface area contributed by atoms with Crippen LogP contribution < -0.4 is 10.2 Å². The van der Waals surface area contributed by atoms with Gasteiger partial charge >= 0.3 is 0 Å². The summed E-state index contributed by atoms with van der Waals surface area (Å²) in [5, 5.41) is 3.32. The number of rotatable bonds is 4. The molecule has 4 heteroatoms. The van der Waals surface area contributed by atoms with Crippen molar-refractivity contribution in [1.29, 1.82) is 0 Å². The molecule has 0 radical (unpaired) electrons. The summed E-state index contributed by atoms with van der Waals surface area (Å²) in [6, 6.07) is 5.57. The van der Waals surface area contributed by atoms with E-state index in [1.54, 1.807) is 0 Å². The number of aromatic nitrogens is 1. The van der Waals surface area contributed by atoms with E-state index in [1.807, 2.05) is 7.05 Å². The lowest BCUT2D eigenvalue weighted by Crippen LogP contribution is -2.36. The first-order valence-corrected chi connectivity index (χ1v) is 8.44. The number of nitrogens with one attached hydrogen (secondary N) is 1. The molecule has 4 nitrogen and oxygen atoms in total. The monoisotopic (exact) mass is 288 g/mol. The summed E-state index contributed by atoms with van der Waals surface area (Å²) in [5.41, 5.74) is 2.44. The Kier molecular flexibility index (Phi) is 4.76. The molecule has 3 rings (SSSR count). The highest BCUT2D eigenvalue weighted by atomic mass is 15.3. The maximum atomic E-state index is 4.69. The summed E-state index contributed by atoms with van der Waals surface area (Å²) >= 11 is 0. The molecule has 1 N–H and O–H groups in total. The standard InChI is InChI=1S/C17H28N4/c1-3-16(18-2)17-8-7-14(12-19-17)21-11-5-10-20-9-4-6-15(20)13-21/h7-8,12,15-16,18H,3-6,9-11,13H2,1-2H3. The van der Waals surface area contributed by atoms with Crippen molar-refractivity contribution in [3.05, 3.63) is 24.0 Å². The lowest BCUT2D eigenvalue weighted by molar-refractivity contribution is 0.273. The topological polar surface area (TPSA) is 31.4 Å². The quantitative estimate of drug-likeness (QED) is 0.922. The van der Waals surface area contributed by atoms with Gasteiger partial charge in [0.1, 0.15) is 0 Å². The highest BCUT2D eigenvalue weighted by Gasteiger charge is 2.28. The lowest BCUT2D eigenvalue weighted by atomic mass is 10.1. The Balaban J connectivity index is 1.71. The van der Waals surface area contributed by atoms with E-state index in [1.165, 1.54) is 44.6 Å². The smallest absolute Gasteiger partial charge is 0.0574 e. The number of hydrogen-bond donors (Lipinski definition) is 1. The Labute approximate surface area is 128 Å². The van der Waals surface area contributed by atoms with Gasteiger partial charge in [-0.3, -0.25) is 9.88 Å². The second-order valence-electron chi connectivity index (χ2n) is 6.32. The van der Waals surface area contributed by atoms with Crippen LogP contribution in [0.4, 0.5) is 5.69 Å². The van der Waals surface area contributed by atoms with Gasteiger partial charge in [-0.1, -0.05) is 6.92 Å². The zero-order valence-electron chi connectivity index (χ0n) is 13.4. The van der Waals surface area contributed by atoms with Crippen LogP contribution >= 0.6 is 0 Å². The molecule has 0 amide bonds. The third-order valence-corrected chi connectivity index (χ3v) is 5.05. The van der Waals surface area contributed by atoms with E-state index in [0.29, 0.717) is 6.04 Å². The maximum absolute atomic E-state index is 4.69. The first-order valence-electron chi connectivity index (χ1n) is 8.44. The molecule has 2 saturated heterocycles. The van der Waals surface area contributed by atoms with Gasteiger partial charge in [-0.25, -0.2) is 0 Å². The van der Waals surface area contributed by atoms with Gasteiger partial charge in [0, 0.05) is 31.7 Å². The van der Waals surface area contributed by atoms with Gasteiger partial charge in [0.05, 0.1) is 17.6 Å². The van der Waals surface area contributed by atoms with Crippen LogP contribution in [0.25, 0.3) is 0 Å². The Morgan fingerprint density at radius 1 is 1.29 bits per heavy atom. The first kappa shape index (κ1) is 14.8. The average Bonchev–Trinajstić information content (AvgIpc) is 2.86. The fourth-order valence-corrected chi connectivity index (χ4v) is 3.79. The Morgan fingerprint density at radius 2 is 2.14 bits per heavy atom. The summed E-state index contributed by atoms with van der Waals surface area (Å²) in [7, 11) is 2.01. The average molecular weight is 288 g/mol. The third-order valence-electron chi connectivity index (χ3n) is 5.05. The molecular formula is C17H28N4. The predicted octanol–water partition coefficient (Wildman–Crippen LogP) is 2.43. The fraction of sp³-hybridized carbons (Fsp3) is 0.706. The van der Waals surface area contributed by atoms with Crippen molar-refractivity contribution in [3.63, 3.8) is 0 Å². The minimum absolute atomic E-state index is 0.369. The molecule has 0 saturated carbocycles. The lowest BCUT2D eigenvalue weighted by Gasteiger charge is -2.27. The zero-order valence-corrected chi connectivity index (χ0v) is 13.4. The first-order chi connectivity index (χ1) is 10.3. The van der Waals surface area contributed by atoms with Crippen molar-refractivity contribution < 1.29 is 0 Å². The van der Waals surface area contributed by atoms with Crippen molar-refractivity contribution in [2.75, 3.05) is 38.1 Å². The van der Waals surface area contributed by atoms with E-state index in [2.05, 4.69) is 40.4 Å². The van der Waals surface area contributed by atoms with Crippen LogP contribution in [-0.4, -0.2) is 49.2 Å². The van der Waals surface area contributed by atoms with E-state index >= 15 is 0 Å². The Hall–Kier alpha value is -1.13. The Bertz CT molecular complexity index is 441. The molecule has 0 bridgehead atoms. The van der Waals surface area contributed by atoms with E-state index in [-0.39, 0.29) is 0 Å². The number of pyridine rings is 1. The van der Waals surface area contributed by atoms with Crippen molar-refractivity contribution in [3.8, 4) is 0 Å². The third kappa shape index (κ3) is 3.22. The fourth-order valence-electron chi connectivity index (χ4n) is 3.79. The normalized spacial score (nSPS) is 24.7. The van der Waals surface area contributed by atoms with Crippen LogP contribution in [0.2, 0.25) is 0 Å². The molecule has 2 fully saturated rings. The molecule has 21 heavy (non-hydrogen) atoms. The largest absolute Gasteiger partial charge is 0.369 e. The molecule has 0 aliphatic carbocycles. The number of nitrogens with zero attached hydrogens (tertiary/aromatic N) is 3. The second kappa shape index (κ2) is 6.75. The van der Waals surface area contributed by atoms with Gasteiger partial charge in [-0.2, -0.15) is 0 Å². The SMILES string of the molecule is CCC(NC)c1ccc(N2CCCN3CCCC3C2)cn1. The van der Waals surface area contributed by atoms with Crippen molar-refractivity contribution >= 4 is 5.69 Å². The van der Waals surface area contributed by atoms with Crippen LogP contribution in [-0.2, 0) is 0 Å². The molecule has 2 aliphatic heterocycles. The van der Waals surface area contributed by atoms with Crippen molar-refractivity contribution in [1.82, 2.24) is 15.2 Å². The molecule has 116 valence electrons. The van der Waals surface area contributed by atoms with E-state index in [0.717, 1.165) is 24.7 Å². The van der Waals surface area contributed by atoms with Crippen LogP contribution in [0, 0.1) is 0 Å². The number of hydrogen-bond acceptors (Lipinski definition) is 4.